The Kier molecular flexibility index (Phi) is 5.01. The molecule has 1 N–H and O–H groups in total. The third-order valence-corrected chi connectivity index (χ3v) is 4.44. The first kappa shape index (κ1) is 15.6. The zero-order chi connectivity index (χ0) is 15.3. The van der Waals surface area contributed by atoms with Gasteiger partial charge in [0, 0.05) is 5.69 Å². The molecule has 112 valence electrons. The average Bonchev–Trinajstić information content (AvgIpc) is 2.74. The molecule has 0 aromatic heterocycles. The van der Waals surface area contributed by atoms with Crippen LogP contribution in [0.25, 0.3) is 0 Å². The number of hydrogen-bond acceptors (Lipinski definition) is 2. The normalized spacial score (nSPS) is 17.8. The second-order valence-electron chi connectivity index (χ2n) is 6.30. The van der Waals surface area contributed by atoms with E-state index in [1.807, 2.05) is 24.3 Å². The Labute approximate surface area is 127 Å². The fourth-order valence-electron chi connectivity index (χ4n) is 3.08. The minimum absolute atomic E-state index is 0.125. The van der Waals surface area contributed by atoms with Gasteiger partial charge in [0.1, 0.15) is 5.41 Å². The van der Waals surface area contributed by atoms with Gasteiger partial charge >= 0.3 is 0 Å². The summed E-state index contributed by atoms with van der Waals surface area (Å²) in [7, 11) is 0. The number of hydrogen-bond donors (Lipinski definition) is 1. The van der Waals surface area contributed by atoms with Crippen molar-refractivity contribution in [2.75, 3.05) is 5.32 Å². The zero-order valence-corrected chi connectivity index (χ0v) is 13.0. The second-order valence-corrected chi connectivity index (χ2v) is 6.30. The van der Waals surface area contributed by atoms with Crippen LogP contribution in [0.4, 0.5) is 5.69 Å². The Balaban J connectivity index is 2.22. The highest BCUT2D eigenvalue weighted by atomic mass is 16.2. The maximum Gasteiger partial charge on any atom is 0.244 e. The Morgan fingerprint density at radius 3 is 2.38 bits per heavy atom. The van der Waals surface area contributed by atoms with Crippen molar-refractivity contribution in [3.63, 3.8) is 0 Å². The lowest BCUT2D eigenvalue weighted by Gasteiger charge is -2.24. The largest absolute Gasteiger partial charge is 0.324 e. The summed E-state index contributed by atoms with van der Waals surface area (Å²) < 4.78 is 0. The van der Waals surface area contributed by atoms with Crippen LogP contribution in [0.1, 0.15) is 63.9 Å². The highest BCUT2D eigenvalue weighted by Gasteiger charge is 2.39. The van der Waals surface area contributed by atoms with Crippen molar-refractivity contribution < 1.29 is 4.79 Å². The lowest BCUT2D eigenvalue weighted by molar-refractivity contribution is -0.123. The van der Waals surface area contributed by atoms with E-state index in [0.717, 1.165) is 36.9 Å². The standard InChI is InChI=1S/C18H24N2O/c1-14(2)15-9-5-6-10-16(15)20-17(21)18(13-19)11-7-3-4-8-12-18/h5-6,9-10,14H,3-4,7-8,11-12H2,1-2H3,(H,20,21). The number of benzene rings is 1. The van der Waals surface area contributed by atoms with E-state index in [-0.39, 0.29) is 5.91 Å². The predicted molar refractivity (Wildman–Crippen MR) is 84.9 cm³/mol. The summed E-state index contributed by atoms with van der Waals surface area (Å²) in [4.78, 5) is 12.7. The number of nitriles is 1. The number of carbonyl (C=O) groups excluding carboxylic acids is 1. The first-order valence-electron chi connectivity index (χ1n) is 7.91. The van der Waals surface area contributed by atoms with E-state index >= 15 is 0 Å². The minimum Gasteiger partial charge on any atom is -0.324 e. The smallest absolute Gasteiger partial charge is 0.244 e. The fourth-order valence-corrected chi connectivity index (χ4v) is 3.08. The van der Waals surface area contributed by atoms with E-state index < -0.39 is 5.41 Å². The molecule has 0 saturated heterocycles. The molecule has 0 bridgehead atoms. The van der Waals surface area contributed by atoms with Crippen molar-refractivity contribution >= 4 is 11.6 Å². The van der Waals surface area contributed by atoms with Gasteiger partial charge in [0.15, 0.2) is 0 Å². The number of amides is 1. The Bertz CT molecular complexity index is 534. The van der Waals surface area contributed by atoms with Gasteiger partial charge in [-0.3, -0.25) is 4.79 Å². The van der Waals surface area contributed by atoms with Gasteiger partial charge in [0.05, 0.1) is 6.07 Å². The number of anilines is 1. The molecule has 0 unspecified atom stereocenters. The van der Waals surface area contributed by atoms with E-state index in [1.165, 1.54) is 0 Å². The summed E-state index contributed by atoms with van der Waals surface area (Å²) in [6, 6.07) is 10.2. The molecule has 1 aromatic carbocycles. The van der Waals surface area contributed by atoms with Gasteiger partial charge in [0.2, 0.25) is 5.91 Å². The fraction of sp³-hybridized carbons (Fsp3) is 0.556. The van der Waals surface area contributed by atoms with E-state index in [4.69, 9.17) is 0 Å². The van der Waals surface area contributed by atoms with Gasteiger partial charge in [-0.2, -0.15) is 5.26 Å². The average molecular weight is 284 g/mol. The molecular weight excluding hydrogens is 260 g/mol. The van der Waals surface area contributed by atoms with Crippen molar-refractivity contribution in [3.05, 3.63) is 29.8 Å². The van der Waals surface area contributed by atoms with Crippen LogP contribution in [0.3, 0.4) is 0 Å². The van der Waals surface area contributed by atoms with E-state index in [1.54, 1.807) is 0 Å². The molecule has 21 heavy (non-hydrogen) atoms. The Morgan fingerprint density at radius 1 is 1.19 bits per heavy atom. The SMILES string of the molecule is CC(C)c1ccccc1NC(=O)C1(C#N)CCCCCC1. The summed E-state index contributed by atoms with van der Waals surface area (Å²) in [6.07, 6.45) is 5.54. The zero-order valence-electron chi connectivity index (χ0n) is 13.0. The Morgan fingerprint density at radius 2 is 1.81 bits per heavy atom. The second kappa shape index (κ2) is 6.76. The lowest BCUT2D eigenvalue weighted by Crippen LogP contribution is -2.35. The van der Waals surface area contributed by atoms with Gasteiger partial charge in [-0.1, -0.05) is 57.7 Å². The van der Waals surface area contributed by atoms with Crippen LogP contribution in [0.5, 0.6) is 0 Å². The molecule has 0 spiro atoms. The van der Waals surface area contributed by atoms with Crippen LogP contribution in [0.15, 0.2) is 24.3 Å². The first-order chi connectivity index (χ1) is 10.1. The number of para-hydroxylation sites is 1. The monoisotopic (exact) mass is 284 g/mol. The highest BCUT2D eigenvalue weighted by molar-refractivity contribution is 5.97. The maximum absolute atomic E-state index is 12.7. The number of nitrogens with zero attached hydrogens (tertiary/aromatic N) is 1. The van der Waals surface area contributed by atoms with Gasteiger partial charge in [-0.25, -0.2) is 0 Å². The van der Waals surface area contributed by atoms with Crippen LogP contribution < -0.4 is 5.32 Å². The molecule has 0 heterocycles. The van der Waals surface area contributed by atoms with Crippen molar-refractivity contribution in [2.24, 2.45) is 5.41 Å². The van der Waals surface area contributed by atoms with E-state index in [2.05, 4.69) is 25.2 Å². The van der Waals surface area contributed by atoms with Gasteiger partial charge in [-0.05, 0) is 30.4 Å². The van der Waals surface area contributed by atoms with Crippen LogP contribution in [-0.2, 0) is 4.79 Å². The summed E-state index contributed by atoms with van der Waals surface area (Å²) in [5, 5.41) is 12.6. The predicted octanol–water partition coefficient (Wildman–Crippen LogP) is 4.61. The molecule has 1 aliphatic rings. The molecule has 0 radical (unpaired) electrons. The molecule has 2 rings (SSSR count). The molecule has 1 aliphatic carbocycles. The molecular formula is C18H24N2O. The molecule has 0 atom stereocenters. The van der Waals surface area contributed by atoms with Crippen LogP contribution in [0.2, 0.25) is 0 Å². The lowest BCUT2D eigenvalue weighted by atomic mass is 9.81. The maximum atomic E-state index is 12.7. The van der Waals surface area contributed by atoms with Crippen molar-refractivity contribution in [1.29, 1.82) is 5.26 Å². The number of carbonyl (C=O) groups is 1. The van der Waals surface area contributed by atoms with Gasteiger partial charge < -0.3 is 5.32 Å². The van der Waals surface area contributed by atoms with E-state index in [0.29, 0.717) is 18.8 Å². The van der Waals surface area contributed by atoms with Crippen molar-refractivity contribution in [3.8, 4) is 6.07 Å². The Hall–Kier alpha value is -1.82. The van der Waals surface area contributed by atoms with Crippen molar-refractivity contribution in [1.82, 2.24) is 0 Å². The molecule has 3 nitrogen and oxygen atoms in total. The molecule has 1 saturated carbocycles. The van der Waals surface area contributed by atoms with Crippen molar-refractivity contribution in [2.45, 2.75) is 58.3 Å². The number of rotatable bonds is 3. The van der Waals surface area contributed by atoms with Gasteiger partial charge in [-0.15, -0.1) is 0 Å². The third kappa shape index (κ3) is 3.44. The van der Waals surface area contributed by atoms with Gasteiger partial charge in [0.25, 0.3) is 0 Å². The van der Waals surface area contributed by atoms with E-state index in [9.17, 15) is 10.1 Å². The minimum atomic E-state index is -0.847. The molecule has 1 fully saturated rings. The summed E-state index contributed by atoms with van der Waals surface area (Å²) in [5.41, 5.74) is 1.12. The molecule has 3 heteroatoms. The first-order valence-corrected chi connectivity index (χ1v) is 7.91. The molecule has 0 aliphatic heterocycles. The quantitative estimate of drug-likeness (QED) is 0.824. The number of nitrogens with one attached hydrogen (secondary N) is 1. The summed E-state index contributed by atoms with van der Waals surface area (Å²) >= 11 is 0. The summed E-state index contributed by atoms with van der Waals surface area (Å²) in [5.74, 6) is 0.216. The molecule has 1 aromatic rings. The summed E-state index contributed by atoms with van der Waals surface area (Å²) in [6.45, 7) is 4.22. The topological polar surface area (TPSA) is 52.9 Å². The third-order valence-electron chi connectivity index (χ3n) is 4.44. The molecule has 1 amide bonds. The van der Waals surface area contributed by atoms with Crippen LogP contribution in [-0.4, -0.2) is 5.91 Å². The van der Waals surface area contributed by atoms with Crippen LogP contribution in [0, 0.1) is 16.7 Å². The highest BCUT2D eigenvalue weighted by Crippen LogP contribution is 2.36. The van der Waals surface area contributed by atoms with Crippen LogP contribution >= 0.6 is 0 Å².